The molecule has 1 aliphatic rings. The number of urea groups is 1. The van der Waals surface area contributed by atoms with Gasteiger partial charge < -0.3 is 15.3 Å². The molecule has 0 spiro atoms. The van der Waals surface area contributed by atoms with Gasteiger partial charge in [-0.15, -0.1) is 11.8 Å². The maximum Gasteiger partial charge on any atom is 0.321 e. The van der Waals surface area contributed by atoms with Crippen LogP contribution >= 0.6 is 11.8 Å². The Balaban J connectivity index is 2.04. The molecule has 6 heteroatoms. The number of likely N-dealkylation sites (tertiary alicyclic amines) is 1. The first kappa shape index (κ1) is 14.7. The van der Waals surface area contributed by atoms with Crippen molar-refractivity contribution in [2.45, 2.75) is 11.8 Å². The number of hydrogen-bond acceptors (Lipinski definition) is 3. The molecule has 0 saturated carbocycles. The van der Waals surface area contributed by atoms with E-state index < -0.39 is 11.9 Å². The third-order valence-electron chi connectivity index (χ3n) is 3.57. The molecule has 0 aliphatic carbocycles. The highest BCUT2D eigenvalue weighted by atomic mass is 32.2. The molecule has 1 aliphatic heterocycles. The Morgan fingerprint density at radius 2 is 2.05 bits per heavy atom. The fourth-order valence-corrected chi connectivity index (χ4v) is 2.95. The van der Waals surface area contributed by atoms with E-state index in [0.717, 1.165) is 10.6 Å². The molecule has 2 N–H and O–H groups in total. The van der Waals surface area contributed by atoms with Crippen molar-refractivity contribution in [3.63, 3.8) is 0 Å². The molecular weight excluding hydrogens is 276 g/mol. The van der Waals surface area contributed by atoms with Gasteiger partial charge >= 0.3 is 12.0 Å². The first-order valence-electron chi connectivity index (χ1n) is 6.44. The van der Waals surface area contributed by atoms with Gasteiger partial charge in [-0.3, -0.25) is 4.79 Å². The van der Waals surface area contributed by atoms with Gasteiger partial charge in [0.2, 0.25) is 0 Å². The Morgan fingerprint density at radius 1 is 1.35 bits per heavy atom. The van der Waals surface area contributed by atoms with Gasteiger partial charge in [-0.25, -0.2) is 4.79 Å². The first-order valence-corrected chi connectivity index (χ1v) is 7.67. The Hall–Kier alpha value is -1.69. The lowest BCUT2D eigenvalue weighted by Gasteiger charge is -2.18. The van der Waals surface area contributed by atoms with Crippen LogP contribution in [0.5, 0.6) is 0 Å². The third kappa shape index (κ3) is 3.07. The lowest BCUT2D eigenvalue weighted by atomic mass is 9.99. The Labute approximate surface area is 122 Å². The van der Waals surface area contributed by atoms with Gasteiger partial charge in [0.25, 0.3) is 0 Å². The first-order chi connectivity index (χ1) is 9.52. The molecule has 2 amide bonds. The number of aliphatic carboxylic acids is 1. The number of nitrogens with one attached hydrogen (secondary N) is 1. The van der Waals surface area contributed by atoms with Crippen molar-refractivity contribution in [2.24, 2.45) is 11.8 Å². The lowest BCUT2D eigenvalue weighted by Crippen LogP contribution is -2.34. The second-order valence-corrected chi connectivity index (χ2v) is 5.81. The minimum Gasteiger partial charge on any atom is -0.481 e. The molecule has 2 rings (SSSR count). The van der Waals surface area contributed by atoms with E-state index in [1.165, 1.54) is 0 Å². The average molecular weight is 294 g/mol. The Bertz CT molecular complexity index is 521. The number of rotatable bonds is 3. The van der Waals surface area contributed by atoms with Crippen molar-refractivity contribution in [2.75, 3.05) is 24.7 Å². The van der Waals surface area contributed by atoms with Gasteiger partial charge in [-0.2, -0.15) is 0 Å². The lowest BCUT2D eigenvalue weighted by molar-refractivity contribution is -0.142. The summed E-state index contributed by atoms with van der Waals surface area (Å²) in [7, 11) is 0. The van der Waals surface area contributed by atoms with Crippen molar-refractivity contribution in [1.82, 2.24) is 4.90 Å². The largest absolute Gasteiger partial charge is 0.481 e. The zero-order valence-corrected chi connectivity index (χ0v) is 12.3. The van der Waals surface area contributed by atoms with Crippen molar-refractivity contribution >= 4 is 29.4 Å². The van der Waals surface area contributed by atoms with Crippen molar-refractivity contribution in [3.05, 3.63) is 24.3 Å². The van der Waals surface area contributed by atoms with Gasteiger partial charge in [0.05, 0.1) is 11.6 Å². The molecule has 0 bridgehead atoms. The zero-order valence-electron chi connectivity index (χ0n) is 11.5. The summed E-state index contributed by atoms with van der Waals surface area (Å²) in [4.78, 5) is 25.8. The summed E-state index contributed by atoms with van der Waals surface area (Å²) >= 11 is 1.56. The quantitative estimate of drug-likeness (QED) is 0.841. The van der Waals surface area contributed by atoms with E-state index in [4.69, 9.17) is 5.11 Å². The molecule has 0 aromatic heterocycles. The molecule has 1 aromatic rings. The number of benzene rings is 1. The molecular formula is C14H18N2O3S. The van der Waals surface area contributed by atoms with Crippen LogP contribution in [-0.4, -0.2) is 41.4 Å². The van der Waals surface area contributed by atoms with Crippen LogP contribution < -0.4 is 5.32 Å². The second kappa shape index (κ2) is 6.17. The standard InChI is InChI=1S/C14H18N2O3S/c1-9-7-16(8-10(9)13(17)18)14(19)15-11-5-3-4-6-12(11)20-2/h3-6,9-10H,7-8H2,1-2H3,(H,15,19)(H,17,18)/t9-,10-/m1/s1. The fourth-order valence-electron chi connectivity index (χ4n) is 2.40. The smallest absolute Gasteiger partial charge is 0.321 e. The number of hydrogen-bond donors (Lipinski definition) is 2. The van der Waals surface area contributed by atoms with Crippen LogP contribution in [0.15, 0.2) is 29.2 Å². The highest BCUT2D eigenvalue weighted by Crippen LogP contribution is 2.27. The summed E-state index contributed by atoms with van der Waals surface area (Å²) < 4.78 is 0. The number of carboxylic acids is 1. The van der Waals surface area contributed by atoms with E-state index >= 15 is 0 Å². The van der Waals surface area contributed by atoms with Crippen molar-refractivity contribution in [3.8, 4) is 0 Å². The summed E-state index contributed by atoms with van der Waals surface area (Å²) in [5, 5.41) is 12.0. The SMILES string of the molecule is CSc1ccccc1NC(=O)N1C[C@@H](C)[C@H](C(=O)O)C1. The Morgan fingerprint density at radius 3 is 2.65 bits per heavy atom. The van der Waals surface area contributed by atoms with E-state index in [1.54, 1.807) is 16.7 Å². The molecule has 1 heterocycles. The Kier molecular flexibility index (Phi) is 4.54. The summed E-state index contributed by atoms with van der Waals surface area (Å²) in [6.45, 7) is 2.61. The van der Waals surface area contributed by atoms with Crippen LogP contribution in [0.1, 0.15) is 6.92 Å². The molecule has 20 heavy (non-hydrogen) atoms. The number of carbonyl (C=O) groups is 2. The van der Waals surface area contributed by atoms with E-state index in [0.29, 0.717) is 6.54 Å². The summed E-state index contributed by atoms with van der Waals surface area (Å²) in [6.07, 6.45) is 1.95. The maximum atomic E-state index is 12.2. The molecule has 1 fully saturated rings. The number of anilines is 1. The monoisotopic (exact) mass is 294 g/mol. The molecule has 2 atom stereocenters. The van der Waals surface area contributed by atoms with Gasteiger partial charge in [0, 0.05) is 18.0 Å². The van der Waals surface area contributed by atoms with Crippen LogP contribution in [0.2, 0.25) is 0 Å². The van der Waals surface area contributed by atoms with Crippen LogP contribution in [0, 0.1) is 11.8 Å². The van der Waals surface area contributed by atoms with E-state index in [1.807, 2.05) is 37.4 Å². The third-order valence-corrected chi connectivity index (χ3v) is 4.36. The predicted octanol–water partition coefficient (Wildman–Crippen LogP) is 2.59. The highest BCUT2D eigenvalue weighted by Gasteiger charge is 2.37. The normalized spacial score (nSPS) is 21.8. The molecule has 5 nitrogen and oxygen atoms in total. The number of carboxylic acid groups (broad SMARTS) is 1. The van der Waals surface area contributed by atoms with Crippen LogP contribution in [0.4, 0.5) is 10.5 Å². The molecule has 1 aromatic carbocycles. The molecule has 0 unspecified atom stereocenters. The van der Waals surface area contributed by atoms with Gasteiger partial charge in [0.1, 0.15) is 0 Å². The topological polar surface area (TPSA) is 69.6 Å². The van der Waals surface area contributed by atoms with Crippen LogP contribution in [0.25, 0.3) is 0 Å². The minimum atomic E-state index is -0.836. The van der Waals surface area contributed by atoms with Gasteiger partial charge in [-0.1, -0.05) is 19.1 Å². The van der Waals surface area contributed by atoms with Crippen LogP contribution in [-0.2, 0) is 4.79 Å². The average Bonchev–Trinajstić information content (AvgIpc) is 2.81. The van der Waals surface area contributed by atoms with Crippen molar-refractivity contribution < 1.29 is 14.7 Å². The molecule has 108 valence electrons. The fraction of sp³-hybridized carbons (Fsp3) is 0.429. The van der Waals surface area contributed by atoms with E-state index in [-0.39, 0.29) is 18.5 Å². The molecule has 0 radical (unpaired) electrons. The predicted molar refractivity (Wildman–Crippen MR) is 79.1 cm³/mol. The second-order valence-electron chi connectivity index (χ2n) is 4.96. The number of nitrogens with zero attached hydrogens (tertiary/aromatic N) is 1. The highest BCUT2D eigenvalue weighted by molar-refractivity contribution is 7.98. The van der Waals surface area contributed by atoms with Crippen molar-refractivity contribution in [1.29, 1.82) is 0 Å². The summed E-state index contributed by atoms with van der Waals surface area (Å²) in [5.41, 5.74) is 0.761. The summed E-state index contributed by atoms with van der Waals surface area (Å²) in [5.74, 6) is -1.33. The number of carbonyl (C=O) groups excluding carboxylic acids is 1. The maximum absolute atomic E-state index is 12.2. The summed E-state index contributed by atoms with van der Waals surface area (Å²) in [6, 6.07) is 7.33. The number of amides is 2. The van der Waals surface area contributed by atoms with Gasteiger partial charge in [-0.05, 0) is 24.3 Å². The van der Waals surface area contributed by atoms with Gasteiger partial charge in [0.15, 0.2) is 0 Å². The number of thioether (sulfide) groups is 1. The zero-order chi connectivity index (χ0) is 14.7. The molecule has 1 saturated heterocycles. The minimum absolute atomic E-state index is 0.0194. The van der Waals surface area contributed by atoms with Crippen LogP contribution in [0.3, 0.4) is 0 Å². The van der Waals surface area contributed by atoms with E-state index in [9.17, 15) is 9.59 Å². The number of para-hydroxylation sites is 1. The van der Waals surface area contributed by atoms with E-state index in [2.05, 4.69) is 5.32 Å².